The van der Waals surface area contributed by atoms with Gasteiger partial charge in [0, 0.05) is 22.8 Å². The Balaban J connectivity index is 0.000000449. The van der Waals surface area contributed by atoms with Crippen molar-refractivity contribution in [2.45, 2.75) is 77.8 Å². The van der Waals surface area contributed by atoms with Gasteiger partial charge in [-0.1, -0.05) is 58.0 Å². The van der Waals surface area contributed by atoms with Crippen molar-refractivity contribution in [2.24, 2.45) is 17.6 Å². The summed E-state index contributed by atoms with van der Waals surface area (Å²) >= 11 is 4.08. The smallest absolute Gasteiger partial charge is 0.134 e. The SMILES string of the molecule is CC(=O)C(C)C.CCC(F)C(N)C(C)Cc1cccc(-c2cccc(F)c2)c1F.SC1CC1. The minimum absolute atomic E-state index is 0.192. The molecule has 0 saturated heterocycles. The summed E-state index contributed by atoms with van der Waals surface area (Å²) in [6.45, 7) is 8.94. The molecule has 1 aliphatic rings. The molecule has 0 aliphatic heterocycles. The Morgan fingerprint density at radius 2 is 1.67 bits per heavy atom. The zero-order valence-electron chi connectivity index (χ0n) is 20.3. The van der Waals surface area contributed by atoms with Crippen molar-refractivity contribution >= 4 is 18.4 Å². The molecule has 1 aliphatic carbocycles. The molecule has 6 heteroatoms. The molecule has 0 radical (unpaired) electrons. The molecule has 184 valence electrons. The number of alkyl halides is 1. The summed E-state index contributed by atoms with van der Waals surface area (Å²) in [5.74, 6) is -0.530. The Bertz CT molecular complexity index is 870. The minimum Gasteiger partial charge on any atom is -0.325 e. The third-order valence-electron chi connectivity index (χ3n) is 5.58. The molecule has 0 heterocycles. The van der Waals surface area contributed by atoms with Crippen LogP contribution in [0, 0.1) is 23.5 Å². The zero-order valence-corrected chi connectivity index (χ0v) is 21.2. The van der Waals surface area contributed by atoms with E-state index in [1.807, 2.05) is 20.8 Å². The first kappa shape index (κ1) is 29.2. The molecular weight excluding hydrogens is 443 g/mol. The van der Waals surface area contributed by atoms with Crippen LogP contribution < -0.4 is 5.73 Å². The maximum atomic E-state index is 14.7. The van der Waals surface area contributed by atoms with E-state index in [1.165, 1.54) is 25.0 Å². The lowest BCUT2D eigenvalue weighted by Gasteiger charge is -2.23. The summed E-state index contributed by atoms with van der Waals surface area (Å²) in [5.41, 5.74) is 7.19. The molecule has 3 unspecified atom stereocenters. The minimum atomic E-state index is -1.10. The quantitative estimate of drug-likeness (QED) is 0.411. The Labute approximate surface area is 202 Å². The van der Waals surface area contributed by atoms with E-state index in [0.29, 0.717) is 29.5 Å². The van der Waals surface area contributed by atoms with E-state index in [-0.39, 0.29) is 17.6 Å². The second-order valence-corrected chi connectivity index (χ2v) is 9.70. The second kappa shape index (κ2) is 14.5. The Hall–Kier alpha value is -1.79. The Kier molecular flexibility index (Phi) is 12.8. The van der Waals surface area contributed by atoms with Gasteiger partial charge in [-0.2, -0.15) is 12.6 Å². The second-order valence-electron chi connectivity index (χ2n) is 8.97. The van der Waals surface area contributed by atoms with E-state index >= 15 is 0 Å². The highest BCUT2D eigenvalue weighted by atomic mass is 32.1. The standard InChI is InChI=1S/C19H22F3N.C5H10O.C3H6S/c1-3-17(21)19(23)12(2)10-14-7-5-9-16(18(14)22)13-6-4-8-15(20)11-13;1-4(2)5(3)6;4-3-1-2-3/h4-9,11-12,17,19H,3,10,23H2,1-2H3;4H,1-3H3;3-4H,1-2H2. The number of halogens is 3. The molecule has 2 aromatic rings. The Morgan fingerprint density at radius 3 is 2.12 bits per heavy atom. The molecule has 2 aromatic carbocycles. The fraction of sp³-hybridized carbons (Fsp3) is 0.519. The van der Waals surface area contributed by atoms with Gasteiger partial charge in [0.15, 0.2) is 0 Å². The lowest BCUT2D eigenvalue weighted by molar-refractivity contribution is -0.119. The average molecular weight is 482 g/mol. The van der Waals surface area contributed by atoms with Crippen molar-refractivity contribution in [3.05, 3.63) is 59.7 Å². The molecule has 2 N–H and O–H groups in total. The van der Waals surface area contributed by atoms with Crippen molar-refractivity contribution in [1.29, 1.82) is 0 Å². The first-order valence-electron chi connectivity index (χ1n) is 11.6. The van der Waals surface area contributed by atoms with Crippen LogP contribution in [0.5, 0.6) is 0 Å². The molecule has 1 saturated carbocycles. The number of benzene rings is 2. The van der Waals surface area contributed by atoms with Crippen molar-refractivity contribution < 1.29 is 18.0 Å². The summed E-state index contributed by atoms with van der Waals surface area (Å²) in [6.07, 6.45) is 2.29. The molecular formula is C27H38F3NOS. The summed E-state index contributed by atoms with van der Waals surface area (Å²) in [5, 5.41) is 0.778. The fourth-order valence-corrected chi connectivity index (χ4v) is 2.95. The summed E-state index contributed by atoms with van der Waals surface area (Å²) in [7, 11) is 0. The fourth-order valence-electron chi connectivity index (χ4n) is 2.80. The number of hydrogen-bond acceptors (Lipinski definition) is 3. The van der Waals surface area contributed by atoms with E-state index < -0.39 is 23.8 Å². The van der Waals surface area contributed by atoms with E-state index in [9.17, 15) is 18.0 Å². The van der Waals surface area contributed by atoms with Crippen LogP contribution in [0.3, 0.4) is 0 Å². The van der Waals surface area contributed by atoms with Crippen LogP contribution in [0.1, 0.15) is 59.4 Å². The van der Waals surface area contributed by atoms with Crippen molar-refractivity contribution in [3.8, 4) is 11.1 Å². The van der Waals surface area contributed by atoms with Crippen LogP contribution in [0.25, 0.3) is 11.1 Å². The van der Waals surface area contributed by atoms with Gasteiger partial charge in [-0.05, 0) is 61.8 Å². The highest BCUT2D eigenvalue weighted by Crippen LogP contribution is 2.28. The summed E-state index contributed by atoms with van der Waals surface area (Å²) in [6, 6.07) is 10.2. The average Bonchev–Trinajstić information content (AvgIpc) is 3.56. The predicted molar refractivity (Wildman–Crippen MR) is 135 cm³/mol. The molecule has 2 nitrogen and oxygen atoms in total. The van der Waals surface area contributed by atoms with Gasteiger partial charge in [-0.3, -0.25) is 4.79 Å². The van der Waals surface area contributed by atoms with Crippen LogP contribution in [0.2, 0.25) is 0 Å². The van der Waals surface area contributed by atoms with Gasteiger partial charge >= 0.3 is 0 Å². The van der Waals surface area contributed by atoms with E-state index in [4.69, 9.17) is 5.73 Å². The number of nitrogens with two attached hydrogens (primary N) is 1. The van der Waals surface area contributed by atoms with Crippen LogP contribution >= 0.6 is 12.6 Å². The molecule has 0 amide bonds. The molecule has 0 aromatic heterocycles. The van der Waals surface area contributed by atoms with Gasteiger partial charge in [-0.15, -0.1) is 0 Å². The van der Waals surface area contributed by atoms with E-state index in [2.05, 4.69) is 12.6 Å². The number of carbonyl (C=O) groups is 1. The topological polar surface area (TPSA) is 43.1 Å². The van der Waals surface area contributed by atoms with E-state index in [1.54, 1.807) is 44.2 Å². The van der Waals surface area contributed by atoms with Crippen LogP contribution in [0.15, 0.2) is 42.5 Å². The highest BCUT2D eigenvalue weighted by Gasteiger charge is 2.23. The van der Waals surface area contributed by atoms with E-state index in [0.717, 1.165) is 5.25 Å². The van der Waals surface area contributed by atoms with Crippen LogP contribution in [-0.2, 0) is 11.2 Å². The number of ketones is 1. The first-order chi connectivity index (χ1) is 15.5. The number of thiol groups is 1. The molecule has 3 rings (SSSR count). The Morgan fingerprint density at radius 1 is 1.12 bits per heavy atom. The zero-order chi connectivity index (χ0) is 25.1. The van der Waals surface area contributed by atoms with Crippen molar-refractivity contribution in [2.75, 3.05) is 0 Å². The summed E-state index contributed by atoms with van der Waals surface area (Å²) in [4.78, 5) is 10.1. The van der Waals surface area contributed by atoms with Gasteiger partial charge in [0.25, 0.3) is 0 Å². The van der Waals surface area contributed by atoms with Gasteiger partial charge < -0.3 is 5.73 Å². The number of rotatable bonds is 7. The molecule has 3 atom stereocenters. The van der Waals surface area contributed by atoms with Crippen LogP contribution in [-0.4, -0.2) is 23.2 Å². The number of hydrogen-bond donors (Lipinski definition) is 2. The van der Waals surface area contributed by atoms with Crippen LogP contribution in [0.4, 0.5) is 13.2 Å². The lowest BCUT2D eigenvalue weighted by atomic mass is 9.89. The highest BCUT2D eigenvalue weighted by molar-refractivity contribution is 7.81. The third-order valence-corrected chi connectivity index (χ3v) is 6.10. The monoisotopic (exact) mass is 481 g/mol. The lowest BCUT2D eigenvalue weighted by Crippen LogP contribution is -2.38. The van der Waals surface area contributed by atoms with Crippen molar-refractivity contribution in [3.63, 3.8) is 0 Å². The predicted octanol–water partition coefficient (Wildman–Crippen LogP) is 7.20. The molecule has 0 spiro atoms. The molecule has 0 bridgehead atoms. The number of carbonyl (C=O) groups excluding carboxylic acids is 1. The third kappa shape index (κ3) is 10.8. The van der Waals surface area contributed by atoms with Gasteiger partial charge in [-0.25, -0.2) is 13.2 Å². The van der Waals surface area contributed by atoms with Gasteiger partial charge in [0.05, 0.1) is 0 Å². The van der Waals surface area contributed by atoms with Gasteiger partial charge in [0.1, 0.15) is 23.6 Å². The largest absolute Gasteiger partial charge is 0.325 e. The maximum Gasteiger partial charge on any atom is 0.134 e. The first-order valence-corrected chi connectivity index (χ1v) is 12.1. The maximum absolute atomic E-state index is 14.7. The summed E-state index contributed by atoms with van der Waals surface area (Å²) < 4.78 is 41.8. The van der Waals surface area contributed by atoms with Crippen molar-refractivity contribution in [1.82, 2.24) is 0 Å². The molecule has 1 fully saturated rings. The van der Waals surface area contributed by atoms with Gasteiger partial charge in [0.2, 0.25) is 0 Å². The normalized spacial score (nSPS) is 15.5. The molecule has 33 heavy (non-hydrogen) atoms. The number of Topliss-reactive ketones (excluding diaryl/α,β-unsaturated/α-hetero) is 1.